The average molecular weight is 644 g/mol. The van der Waals surface area contributed by atoms with Gasteiger partial charge in [-0.3, -0.25) is 13.9 Å². The maximum absolute atomic E-state index is 14.6. The zero-order valence-electron chi connectivity index (χ0n) is 27.0. The molecule has 4 rings (SSSR count). The Bertz CT molecular complexity index is 1720. The van der Waals surface area contributed by atoms with Crippen LogP contribution in [0.2, 0.25) is 0 Å². The Morgan fingerprint density at radius 1 is 0.804 bits per heavy atom. The summed E-state index contributed by atoms with van der Waals surface area (Å²) >= 11 is 0. The summed E-state index contributed by atoms with van der Waals surface area (Å²) in [7, 11) is -4.20. The van der Waals surface area contributed by atoms with Crippen molar-refractivity contribution in [2.24, 2.45) is 0 Å². The molecule has 0 aliphatic carbocycles. The summed E-state index contributed by atoms with van der Waals surface area (Å²) in [6, 6.07) is 25.8. The molecular weight excluding hydrogens is 601 g/mol. The summed E-state index contributed by atoms with van der Waals surface area (Å²) in [6.45, 7) is 8.86. The maximum atomic E-state index is 14.6. The fourth-order valence-corrected chi connectivity index (χ4v) is 6.64. The number of rotatable bonds is 13. The summed E-state index contributed by atoms with van der Waals surface area (Å²) in [6.07, 6.45) is 0.884. The number of aryl methyl sites for hydroxylation is 3. The first-order valence-corrected chi connectivity index (χ1v) is 16.9. The highest BCUT2D eigenvalue weighted by Crippen LogP contribution is 2.27. The molecular formula is C37H42FN3O4S. The van der Waals surface area contributed by atoms with E-state index in [9.17, 15) is 22.4 Å². The lowest BCUT2D eigenvalue weighted by molar-refractivity contribution is -0.140. The first kappa shape index (κ1) is 34.4. The minimum atomic E-state index is -4.20. The highest BCUT2D eigenvalue weighted by Gasteiger charge is 2.35. The fourth-order valence-electron chi connectivity index (χ4n) is 5.24. The third-order valence-corrected chi connectivity index (χ3v) is 9.71. The van der Waals surface area contributed by atoms with Crippen LogP contribution in [0, 0.1) is 26.6 Å². The molecule has 0 aliphatic rings. The monoisotopic (exact) mass is 643 g/mol. The molecule has 4 aromatic carbocycles. The van der Waals surface area contributed by atoms with E-state index >= 15 is 0 Å². The van der Waals surface area contributed by atoms with Crippen LogP contribution < -0.4 is 9.62 Å². The van der Waals surface area contributed by atoms with E-state index in [1.165, 1.54) is 29.2 Å². The lowest BCUT2D eigenvalue weighted by Gasteiger charge is -2.34. The molecule has 4 aromatic rings. The number of amides is 2. The van der Waals surface area contributed by atoms with Crippen molar-refractivity contribution < 1.29 is 22.4 Å². The topological polar surface area (TPSA) is 86.8 Å². The smallest absolute Gasteiger partial charge is 0.264 e. The van der Waals surface area contributed by atoms with Crippen molar-refractivity contribution in [2.75, 3.05) is 10.8 Å². The molecule has 0 spiro atoms. The van der Waals surface area contributed by atoms with Gasteiger partial charge in [0.15, 0.2) is 0 Å². The predicted molar refractivity (Wildman–Crippen MR) is 180 cm³/mol. The van der Waals surface area contributed by atoms with Crippen LogP contribution in [-0.2, 0) is 32.6 Å². The van der Waals surface area contributed by atoms with Gasteiger partial charge in [0.1, 0.15) is 18.4 Å². The van der Waals surface area contributed by atoms with Gasteiger partial charge in [-0.15, -0.1) is 0 Å². The zero-order chi connectivity index (χ0) is 33.4. The minimum absolute atomic E-state index is 0.0319. The van der Waals surface area contributed by atoms with Gasteiger partial charge in [0.05, 0.1) is 10.6 Å². The van der Waals surface area contributed by atoms with Gasteiger partial charge in [-0.25, -0.2) is 12.8 Å². The van der Waals surface area contributed by atoms with Crippen LogP contribution in [0.4, 0.5) is 10.1 Å². The van der Waals surface area contributed by atoms with Crippen molar-refractivity contribution in [2.45, 2.75) is 71.0 Å². The molecule has 0 saturated carbocycles. The third kappa shape index (κ3) is 8.81. The number of benzene rings is 4. The van der Waals surface area contributed by atoms with E-state index in [0.29, 0.717) is 17.7 Å². The second-order valence-electron chi connectivity index (χ2n) is 11.8. The molecule has 1 N–H and O–H groups in total. The Kier molecular flexibility index (Phi) is 11.4. The molecule has 0 aliphatic heterocycles. The average Bonchev–Trinajstić information content (AvgIpc) is 3.02. The zero-order valence-corrected chi connectivity index (χ0v) is 27.9. The summed E-state index contributed by atoms with van der Waals surface area (Å²) in [4.78, 5) is 29.9. The lowest BCUT2D eigenvalue weighted by Crippen LogP contribution is -2.54. The molecule has 0 aromatic heterocycles. The van der Waals surface area contributed by atoms with E-state index < -0.39 is 34.3 Å². The van der Waals surface area contributed by atoms with E-state index in [0.717, 1.165) is 26.6 Å². The van der Waals surface area contributed by atoms with Gasteiger partial charge in [0.2, 0.25) is 11.8 Å². The third-order valence-electron chi connectivity index (χ3n) is 7.92. The van der Waals surface area contributed by atoms with E-state index in [2.05, 4.69) is 5.32 Å². The summed E-state index contributed by atoms with van der Waals surface area (Å²) in [5.74, 6) is -1.35. The number of carbonyl (C=O) groups excluding carboxylic acids is 2. The van der Waals surface area contributed by atoms with Gasteiger partial charge >= 0.3 is 0 Å². The molecule has 0 fully saturated rings. The molecule has 2 atom stereocenters. The number of sulfonamides is 1. The molecule has 0 bridgehead atoms. The van der Waals surface area contributed by atoms with Crippen LogP contribution in [0.25, 0.3) is 0 Å². The van der Waals surface area contributed by atoms with Gasteiger partial charge in [0, 0.05) is 19.0 Å². The normalized spacial score (nSPS) is 12.7. The van der Waals surface area contributed by atoms with E-state index in [4.69, 9.17) is 0 Å². The molecule has 242 valence electrons. The minimum Gasteiger partial charge on any atom is -0.352 e. The van der Waals surface area contributed by atoms with Crippen molar-refractivity contribution in [3.8, 4) is 0 Å². The second-order valence-corrected chi connectivity index (χ2v) is 13.7. The van der Waals surface area contributed by atoms with E-state index in [-0.39, 0.29) is 29.8 Å². The Morgan fingerprint density at radius 3 is 2.00 bits per heavy atom. The van der Waals surface area contributed by atoms with Crippen molar-refractivity contribution in [3.05, 3.63) is 131 Å². The number of hydrogen-bond acceptors (Lipinski definition) is 4. The summed E-state index contributed by atoms with van der Waals surface area (Å²) in [5, 5.41) is 3.02. The fraction of sp³-hybridized carbons (Fsp3) is 0.297. The van der Waals surface area contributed by atoms with Crippen LogP contribution >= 0.6 is 0 Å². The summed E-state index contributed by atoms with van der Waals surface area (Å²) in [5.41, 5.74) is 4.35. The Morgan fingerprint density at radius 2 is 1.41 bits per heavy atom. The standard InChI is InChI=1S/C37H42FN3O4S/c1-6-29(5)39-37(43)35(23-30-10-8-7-9-11-30)40(24-31-14-16-32(38)17-15-31)36(42)25-41(33-21-27(3)20-28(4)22-33)46(44,45)34-18-12-26(2)13-19-34/h7-22,29,35H,6,23-25H2,1-5H3,(H,39,43). The lowest BCUT2D eigenvalue weighted by atomic mass is 10.0. The number of nitrogens with zero attached hydrogens (tertiary/aromatic N) is 2. The molecule has 7 nitrogen and oxygen atoms in total. The highest BCUT2D eigenvalue weighted by atomic mass is 32.2. The number of carbonyl (C=O) groups is 2. The number of halogens is 1. The van der Waals surface area contributed by atoms with Gasteiger partial charge in [-0.1, -0.05) is 73.2 Å². The number of hydrogen-bond donors (Lipinski definition) is 1. The molecule has 2 amide bonds. The molecule has 0 radical (unpaired) electrons. The molecule has 46 heavy (non-hydrogen) atoms. The van der Waals surface area contributed by atoms with E-state index in [1.807, 2.05) is 71.0 Å². The first-order chi connectivity index (χ1) is 21.9. The van der Waals surface area contributed by atoms with Crippen LogP contribution in [0.1, 0.15) is 48.1 Å². The molecule has 9 heteroatoms. The first-order valence-electron chi connectivity index (χ1n) is 15.4. The second kappa shape index (κ2) is 15.2. The van der Waals surface area contributed by atoms with Crippen LogP contribution in [-0.4, -0.2) is 43.8 Å². The highest BCUT2D eigenvalue weighted by molar-refractivity contribution is 7.92. The molecule has 0 saturated heterocycles. The Labute approximate surface area is 272 Å². The van der Waals surface area contributed by atoms with Gasteiger partial charge in [0.25, 0.3) is 10.0 Å². The van der Waals surface area contributed by atoms with Gasteiger partial charge in [-0.2, -0.15) is 0 Å². The SMILES string of the molecule is CCC(C)NC(=O)C(Cc1ccccc1)N(Cc1ccc(F)cc1)C(=O)CN(c1cc(C)cc(C)c1)S(=O)(=O)c1ccc(C)cc1. The van der Waals surface area contributed by atoms with Crippen molar-refractivity contribution in [1.29, 1.82) is 0 Å². The van der Waals surface area contributed by atoms with Crippen LogP contribution in [0.5, 0.6) is 0 Å². The number of anilines is 1. The van der Waals surface area contributed by atoms with E-state index in [1.54, 1.807) is 36.4 Å². The van der Waals surface area contributed by atoms with Crippen molar-refractivity contribution in [1.82, 2.24) is 10.2 Å². The molecule has 0 heterocycles. The van der Waals surface area contributed by atoms with Gasteiger partial charge < -0.3 is 10.2 Å². The summed E-state index contributed by atoms with van der Waals surface area (Å²) < 4.78 is 43.4. The van der Waals surface area contributed by atoms with Crippen molar-refractivity contribution >= 4 is 27.5 Å². The predicted octanol–water partition coefficient (Wildman–Crippen LogP) is 6.50. The van der Waals surface area contributed by atoms with Gasteiger partial charge in [-0.05, 0) is 92.8 Å². The van der Waals surface area contributed by atoms with Crippen LogP contribution in [0.15, 0.2) is 102 Å². The number of nitrogens with one attached hydrogen (secondary N) is 1. The largest absolute Gasteiger partial charge is 0.352 e. The quantitative estimate of drug-likeness (QED) is 0.180. The van der Waals surface area contributed by atoms with Crippen molar-refractivity contribution in [3.63, 3.8) is 0 Å². The Balaban J connectivity index is 1.83. The van der Waals surface area contributed by atoms with Crippen LogP contribution in [0.3, 0.4) is 0 Å². The Hall–Kier alpha value is -4.50. The molecule has 2 unspecified atom stereocenters. The maximum Gasteiger partial charge on any atom is 0.264 e.